The highest BCUT2D eigenvalue weighted by Crippen LogP contribution is 2.33. The Balaban J connectivity index is 2.17. The van der Waals surface area contributed by atoms with Crippen LogP contribution < -0.4 is 14.9 Å². The average molecular weight is 359 g/mol. The highest BCUT2D eigenvalue weighted by atomic mass is 35.5. The molecule has 0 saturated carbocycles. The van der Waals surface area contributed by atoms with Crippen LogP contribution in [-0.4, -0.2) is 20.4 Å². The van der Waals surface area contributed by atoms with E-state index >= 15 is 0 Å². The van der Waals surface area contributed by atoms with E-state index in [2.05, 4.69) is 10.5 Å². The fourth-order valence-corrected chi connectivity index (χ4v) is 2.06. The molecule has 0 saturated heterocycles. The van der Waals surface area contributed by atoms with Crippen LogP contribution in [-0.2, 0) is 6.18 Å². The van der Waals surface area contributed by atoms with Gasteiger partial charge in [-0.05, 0) is 42.0 Å². The number of alkyl halides is 3. The van der Waals surface area contributed by atoms with Gasteiger partial charge in [-0.2, -0.15) is 18.3 Å². The number of ether oxygens (including phenoxy) is 2. The van der Waals surface area contributed by atoms with Gasteiger partial charge in [0, 0.05) is 0 Å². The van der Waals surface area contributed by atoms with Crippen molar-refractivity contribution in [2.75, 3.05) is 19.6 Å². The van der Waals surface area contributed by atoms with E-state index in [1.165, 1.54) is 26.5 Å². The Morgan fingerprint density at radius 1 is 1.04 bits per heavy atom. The van der Waals surface area contributed by atoms with Crippen LogP contribution in [0.2, 0.25) is 5.02 Å². The van der Waals surface area contributed by atoms with E-state index in [0.717, 1.165) is 12.1 Å². The molecule has 0 aliphatic rings. The smallest absolute Gasteiger partial charge is 0.416 e. The second-order valence-corrected chi connectivity index (χ2v) is 5.08. The molecule has 128 valence electrons. The predicted octanol–water partition coefficient (Wildman–Crippen LogP) is 4.82. The molecule has 0 aromatic heterocycles. The van der Waals surface area contributed by atoms with Gasteiger partial charge in [-0.3, -0.25) is 5.43 Å². The number of rotatable bonds is 5. The standard InChI is InChI=1S/C16H14ClF3N2O2/c1-23-14-6-3-10(7-15(14)24-2)9-21-22-13-8-11(16(18,19)20)4-5-12(13)17/h3-9,22H,1-2H3/b21-9+. The highest BCUT2D eigenvalue weighted by molar-refractivity contribution is 6.33. The van der Waals surface area contributed by atoms with Crippen molar-refractivity contribution in [3.8, 4) is 11.5 Å². The molecule has 2 aromatic carbocycles. The zero-order valence-corrected chi connectivity index (χ0v) is 13.6. The molecule has 2 aromatic rings. The van der Waals surface area contributed by atoms with Crippen LogP contribution in [0.4, 0.5) is 18.9 Å². The van der Waals surface area contributed by atoms with Crippen LogP contribution in [0.15, 0.2) is 41.5 Å². The Hall–Kier alpha value is -2.41. The summed E-state index contributed by atoms with van der Waals surface area (Å²) in [4.78, 5) is 0. The molecule has 0 unspecified atom stereocenters. The van der Waals surface area contributed by atoms with Gasteiger partial charge >= 0.3 is 6.18 Å². The van der Waals surface area contributed by atoms with Crippen molar-refractivity contribution in [2.24, 2.45) is 5.10 Å². The van der Waals surface area contributed by atoms with Crippen molar-refractivity contribution in [3.05, 3.63) is 52.5 Å². The van der Waals surface area contributed by atoms with Crippen molar-refractivity contribution < 1.29 is 22.6 Å². The lowest BCUT2D eigenvalue weighted by Crippen LogP contribution is -2.05. The predicted molar refractivity (Wildman–Crippen MR) is 87.2 cm³/mol. The lowest BCUT2D eigenvalue weighted by atomic mass is 10.2. The Bertz CT molecular complexity index is 749. The molecule has 0 aliphatic heterocycles. The maximum absolute atomic E-state index is 12.7. The van der Waals surface area contributed by atoms with Gasteiger partial charge in [0.25, 0.3) is 0 Å². The normalized spacial score (nSPS) is 11.6. The minimum atomic E-state index is -4.45. The Kier molecular flexibility index (Phi) is 5.56. The van der Waals surface area contributed by atoms with E-state index < -0.39 is 11.7 Å². The van der Waals surface area contributed by atoms with E-state index in [-0.39, 0.29) is 10.7 Å². The number of hydrazone groups is 1. The van der Waals surface area contributed by atoms with E-state index in [1.807, 2.05) is 0 Å². The number of hydrogen-bond acceptors (Lipinski definition) is 4. The van der Waals surface area contributed by atoms with E-state index in [0.29, 0.717) is 17.1 Å². The Labute approximate surface area is 141 Å². The number of nitrogens with zero attached hydrogens (tertiary/aromatic N) is 1. The molecule has 0 bridgehead atoms. The second kappa shape index (κ2) is 7.44. The molecule has 2 rings (SSSR count). The third-order valence-electron chi connectivity index (χ3n) is 3.10. The lowest BCUT2D eigenvalue weighted by molar-refractivity contribution is -0.137. The minimum absolute atomic E-state index is 0.0585. The van der Waals surface area contributed by atoms with E-state index in [9.17, 15) is 13.2 Å². The molecule has 0 amide bonds. The maximum Gasteiger partial charge on any atom is 0.416 e. The summed E-state index contributed by atoms with van der Waals surface area (Å²) in [5.74, 6) is 1.07. The first-order chi connectivity index (χ1) is 11.3. The number of benzene rings is 2. The number of anilines is 1. The second-order valence-electron chi connectivity index (χ2n) is 4.68. The van der Waals surface area contributed by atoms with Gasteiger partial charge in [-0.15, -0.1) is 0 Å². The van der Waals surface area contributed by atoms with Crippen LogP contribution in [0.5, 0.6) is 11.5 Å². The van der Waals surface area contributed by atoms with Crippen molar-refractivity contribution in [1.82, 2.24) is 0 Å². The zero-order chi connectivity index (χ0) is 17.7. The molecule has 0 spiro atoms. The number of nitrogens with one attached hydrogen (secondary N) is 1. The first-order valence-corrected chi connectivity index (χ1v) is 7.11. The van der Waals surface area contributed by atoms with E-state index in [1.54, 1.807) is 18.2 Å². The summed E-state index contributed by atoms with van der Waals surface area (Å²) >= 11 is 5.88. The molecule has 0 radical (unpaired) electrons. The van der Waals surface area contributed by atoms with Crippen LogP contribution in [0.3, 0.4) is 0 Å². The molecule has 0 atom stereocenters. The van der Waals surface area contributed by atoms with E-state index in [4.69, 9.17) is 21.1 Å². The Morgan fingerprint density at radius 2 is 1.75 bits per heavy atom. The van der Waals surface area contributed by atoms with Crippen molar-refractivity contribution in [1.29, 1.82) is 0 Å². The lowest BCUT2D eigenvalue weighted by Gasteiger charge is -2.10. The molecule has 1 N–H and O–H groups in total. The molecule has 0 aliphatic carbocycles. The molecule has 0 fully saturated rings. The van der Waals surface area contributed by atoms with Crippen molar-refractivity contribution >= 4 is 23.5 Å². The van der Waals surface area contributed by atoms with Gasteiger partial charge in [0.15, 0.2) is 11.5 Å². The summed E-state index contributed by atoms with van der Waals surface area (Å²) < 4.78 is 48.4. The number of hydrogen-bond donors (Lipinski definition) is 1. The highest BCUT2D eigenvalue weighted by Gasteiger charge is 2.30. The largest absolute Gasteiger partial charge is 0.493 e. The minimum Gasteiger partial charge on any atom is -0.493 e. The zero-order valence-electron chi connectivity index (χ0n) is 12.8. The van der Waals surface area contributed by atoms with Gasteiger partial charge in [-0.1, -0.05) is 11.6 Å². The third-order valence-corrected chi connectivity index (χ3v) is 3.43. The van der Waals surface area contributed by atoms with Crippen LogP contribution in [0, 0.1) is 0 Å². The first kappa shape index (κ1) is 17.9. The summed E-state index contributed by atoms with van der Waals surface area (Å²) in [5.41, 5.74) is 2.42. The van der Waals surface area contributed by atoms with Gasteiger partial charge in [0.1, 0.15) is 0 Å². The third kappa shape index (κ3) is 4.32. The van der Waals surface area contributed by atoms with Crippen molar-refractivity contribution in [3.63, 3.8) is 0 Å². The SMILES string of the molecule is COc1ccc(/C=N/Nc2cc(C(F)(F)F)ccc2Cl)cc1OC. The summed E-state index contributed by atoms with van der Waals surface area (Å²) in [6.45, 7) is 0. The molecule has 8 heteroatoms. The molecule has 0 heterocycles. The fraction of sp³-hybridized carbons (Fsp3) is 0.188. The average Bonchev–Trinajstić information content (AvgIpc) is 2.55. The molecular formula is C16H14ClF3N2O2. The van der Waals surface area contributed by atoms with Crippen LogP contribution in [0.1, 0.15) is 11.1 Å². The van der Waals surface area contributed by atoms with Gasteiger partial charge < -0.3 is 9.47 Å². The summed E-state index contributed by atoms with van der Waals surface area (Å²) in [6.07, 6.45) is -3.02. The van der Waals surface area contributed by atoms with Crippen LogP contribution >= 0.6 is 11.6 Å². The topological polar surface area (TPSA) is 42.8 Å². The summed E-state index contributed by atoms with van der Waals surface area (Å²) in [6, 6.07) is 8.06. The molecular weight excluding hydrogens is 345 g/mol. The number of methoxy groups -OCH3 is 2. The Morgan fingerprint density at radius 3 is 2.38 bits per heavy atom. The van der Waals surface area contributed by atoms with Gasteiger partial charge in [-0.25, -0.2) is 0 Å². The fourth-order valence-electron chi connectivity index (χ4n) is 1.90. The molecule has 24 heavy (non-hydrogen) atoms. The summed E-state index contributed by atoms with van der Waals surface area (Å²) in [5, 5.41) is 4.04. The first-order valence-electron chi connectivity index (χ1n) is 6.73. The van der Waals surface area contributed by atoms with Gasteiger partial charge in [0.2, 0.25) is 0 Å². The monoisotopic (exact) mass is 358 g/mol. The van der Waals surface area contributed by atoms with Crippen molar-refractivity contribution in [2.45, 2.75) is 6.18 Å². The summed E-state index contributed by atoms with van der Waals surface area (Å²) in [7, 11) is 3.02. The quantitative estimate of drug-likeness (QED) is 0.615. The van der Waals surface area contributed by atoms with Crippen LogP contribution in [0.25, 0.3) is 0 Å². The number of halogens is 4. The maximum atomic E-state index is 12.7. The van der Waals surface area contributed by atoms with Gasteiger partial charge in [0.05, 0.1) is 36.7 Å². The molecule has 4 nitrogen and oxygen atoms in total.